The number of rotatable bonds is 3. The molecule has 16 heavy (non-hydrogen) atoms. The van der Waals surface area contributed by atoms with Gasteiger partial charge >= 0.3 is 0 Å². The molecule has 1 aliphatic carbocycles. The van der Waals surface area contributed by atoms with E-state index in [9.17, 15) is 5.11 Å². The van der Waals surface area contributed by atoms with Crippen molar-refractivity contribution in [3.63, 3.8) is 0 Å². The molecule has 0 amide bonds. The number of aliphatic hydroxyl groups is 1. The molecule has 0 spiro atoms. The molecule has 2 heteroatoms. The van der Waals surface area contributed by atoms with E-state index < -0.39 is 5.60 Å². The fraction of sp³-hybridized carbons (Fsp3) is 0.571. The molecule has 0 saturated heterocycles. The predicted octanol–water partition coefficient (Wildman–Crippen LogP) is 2.63. The highest BCUT2D eigenvalue weighted by atomic mass is 16.5. The Hall–Kier alpha value is -1.02. The van der Waals surface area contributed by atoms with Crippen LogP contribution in [0.15, 0.2) is 18.2 Å². The summed E-state index contributed by atoms with van der Waals surface area (Å²) in [5, 5.41) is 10.5. The van der Waals surface area contributed by atoms with Crippen LogP contribution in [0.2, 0.25) is 0 Å². The van der Waals surface area contributed by atoms with Crippen LogP contribution in [0.3, 0.4) is 0 Å². The fourth-order valence-electron chi connectivity index (χ4n) is 2.82. The van der Waals surface area contributed by atoms with Crippen LogP contribution in [0, 0.1) is 5.92 Å². The summed E-state index contributed by atoms with van der Waals surface area (Å²) in [7, 11) is 0. The van der Waals surface area contributed by atoms with Gasteiger partial charge in [0.1, 0.15) is 5.75 Å². The predicted molar refractivity (Wildman–Crippen MR) is 62.6 cm³/mol. The molecule has 1 aromatic carbocycles. The molecule has 1 heterocycles. The molecule has 1 saturated carbocycles. The van der Waals surface area contributed by atoms with Crippen molar-refractivity contribution in [1.82, 2.24) is 0 Å². The normalized spacial score (nSPS) is 31.0. The van der Waals surface area contributed by atoms with Gasteiger partial charge in [0, 0.05) is 6.42 Å². The zero-order chi connectivity index (χ0) is 11.2. The molecule has 1 fully saturated rings. The van der Waals surface area contributed by atoms with Crippen molar-refractivity contribution in [2.45, 2.75) is 38.2 Å². The number of ether oxygens (including phenoxy) is 1. The van der Waals surface area contributed by atoms with Crippen LogP contribution in [0.4, 0.5) is 0 Å². The Bertz CT molecular complexity index is 413. The molecule has 3 rings (SSSR count). The average Bonchev–Trinajstić information content (AvgIpc) is 2.77. The van der Waals surface area contributed by atoms with Gasteiger partial charge in [-0.05, 0) is 42.0 Å². The third-order valence-corrected chi connectivity index (χ3v) is 3.90. The van der Waals surface area contributed by atoms with E-state index in [0.717, 1.165) is 43.6 Å². The van der Waals surface area contributed by atoms with Gasteiger partial charge in [0.2, 0.25) is 0 Å². The van der Waals surface area contributed by atoms with Crippen LogP contribution in [0.1, 0.15) is 37.3 Å². The van der Waals surface area contributed by atoms with Gasteiger partial charge in [-0.25, -0.2) is 0 Å². The molecule has 1 aliphatic heterocycles. The minimum atomic E-state index is -0.534. The van der Waals surface area contributed by atoms with E-state index in [0.29, 0.717) is 5.92 Å². The van der Waals surface area contributed by atoms with Crippen LogP contribution < -0.4 is 4.74 Å². The zero-order valence-corrected chi connectivity index (χ0v) is 9.70. The second kappa shape index (κ2) is 3.49. The fourth-order valence-corrected chi connectivity index (χ4v) is 2.82. The highest BCUT2D eigenvalue weighted by Crippen LogP contribution is 2.54. The summed E-state index contributed by atoms with van der Waals surface area (Å²) in [6, 6.07) is 6.18. The van der Waals surface area contributed by atoms with E-state index in [4.69, 9.17) is 4.74 Å². The molecule has 2 nitrogen and oxygen atoms in total. The second-order valence-electron chi connectivity index (χ2n) is 5.03. The van der Waals surface area contributed by atoms with Crippen LogP contribution in [0.25, 0.3) is 0 Å². The molecular formula is C14H18O2. The molecule has 0 radical (unpaired) electrons. The van der Waals surface area contributed by atoms with Gasteiger partial charge in [0.15, 0.2) is 0 Å². The Kier molecular flexibility index (Phi) is 2.21. The number of hydrogen-bond donors (Lipinski definition) is 1. The molecular weight excluding hydrogens is 200 g/mol. The van der Waals surface area contributed by atoms with Gasteiger partial charge in [0.05, 0.1) is 12.2 Å². The topological polar surface area (TPSA) is 29.5 Å². The largest absolute Gasteiger partial charge is 0.493 e. The summed E-state index contributed by atoms with van der Waals surface area (Å²) in [5.41, 5.74) is 1.82. The van der Waals surface area contributed by atoms with Gasteiger partial charge in [-0.1, -0.05) is 19.4 Å². The van der Waals surface area contributed by atoms with E-state index in [-0.39, 0.29) is 0 Å². The van der Waals surface area contributed by atoms with Crippen molar-refractivity contribution in [2.24, 2.45) is 5.92 Å². The van der Waals surface area contributed by atoms with E-state index in [1.165, 1.54) is 5.56 Å². The van der Waals surface area contributed by atoms with Crippen molar-refractivity contribution >= 4 is 0 Å². The second-order valence-corrected chi connectivity index (χ2v) is 5.03. The SMILES string of the molecule is CCCC1CC1(O)c1ccc2c(c1)CCO2. The van der Waals surface area contributed by atoms with Gasteiger partial charge in [-0.2, -0.15) is 0 Å². The summed E-state index contributed by atoms with van der Waals surface area (Å²) in [5.74, 6) is 1.47. The van der Waals surface area contributed by atoms with E-state index in [1.807, 2.05) is 12.1 Å². The monoisotopic (exact) mass is 218 g/mol. The Morgan fingerprint density at radius 3 is 3.19 bits per heavy atom. The molecule has 2 atom stereocenters. The lowest BCUT2D eigenvalue weighted by Gasteiger charge is -2.12. The summed E-state index contributed by atoms with van der Waals surface area (Å²) < 4.78 is 5.48. The maximum atomic E-state index is 10.5. The zero-order valence-electron chi connectivity index (χ0n) is 9.70. The quantitative estimate of drug-likeness (QED) is 0.845. The average molecular weight is 218 g/mol. The molecule has 0 aromatic heterocycles. The summed E-state index contributed by atoms with van der Waals surface area (Å²) >= 11 is 0. The van der Waals surface area contributed by atoms with Crippen LogP contribution in [-0.2, 0) is 12.0 Å². The smallest absolute Gasteiger partial charge is 0.122 e. The molecule has 1 aromatic rings. The van der Waals surface area contributed by atoms with Gasteiger partial charge in [-0.3, -0.25) is 0 Å². The van der Waals surface area contributed by atoms with E-state index >= 15 is 0 Å². The third-order valence-electron chi connectivity index (χ3n) is 3.90. The van der Waals surface area contributed by atoms with Gasteiger partial charge < -0.3 is 9.84 Å². The molecule has 1 N–H and O–H groups in total. The Balaban J connectivity index is 1.86. The van der Waals surface area contributed by atoms with Gasteiger partial charge in [-0.15, -0.1) is 0 Å². The molecule has 2 unspecified atom stereocenters. The number of benzene rings is 1. The lowest BCUT2D eigenvalue weighted by molar-refractivity contribution is 0.129. The lowest BCUT2D eigenvalue weighted by Crippen LogP contribution is -2.08. The minimum Gasteiger partial charge on any atom is -0.493 e. The highest BCUT2D eigenvalue weighted by molar-refractivity contribution is 5.43. The van der Waals surface area contributed by atoms with Crippen molar-refractivity contribution < 1.29 is 9.84 Å². The van der Waals surface area contributed by atoms with Crippen LogP contribution in [0.5, 0.6) is 5.75 Å². The minimum absolute atomic E-state index is 0.470. The van der Waals surface area contributed by atoms with Gasteiger partial charge in [0.25, 0.3) is 0 Å². The Labute approximate surface area is 96.2 Å². The van der Waals surface area contributed by atoms with Crippen molar-refractivity contribution in [1.29, 1.82) is 0 Å². The summed E-state index contributed by atoms with van der Waals surface area (Å²) in [4.78, 5) is 0. The lowest BCUT2D eigenvalue weighted by atomic mass is 10.0. The first kappa shape index (κ1) is 10.2. The van der Waals surface area contributed by atoms with Crippen molar-refractivity contribution in [3.8, 4) is 5.75 Å². The van der Waals surface area contributed by atoms with Crippen molar-refractivity contribution in [2.75, 3.05) is 6.61 Å². The molecule has 86 valence electrons. The maximum absolute atomic E-state index is 10.5. The molecule has 0 bridgehead atoms. The number of hydrogen-bond acceptors (Lipinski definition) is 2. The summed E-state index contributed by atoms with van der Waals surface area (Å²) in [6.07, 6.45) is 4.20. The highest BCUT2D eigenvalue weighted by Gasteiger charge is 2.53. The maximum Gasteiger partial charge on any atom is 0.122 e. The Morgan fingerprint density at radius 1 is 1.50 bits per heavy atom. The van der Waals surface area contributed by atoms with E-state index in [1.54, 1.807) is 0 Å². The molecule has 2 aliphatic rings. The first-order valence-corrected chi connectivity index (χ1v) is 6.22. The Morgan fingerprint density at radius 2 is 2.38 bits per heavy atom. The van der Waals surface area contributed by atoms with Crippen molar-refractivity contribution in [3.05, 3.63) is 29.3 Å². The van der Waals surface area contributed by atoms with Crippen LogP contribution in [-0.4, -0.2) is 11.7 Å². The van der Waals surface area contributed by atoms with E-state index in [2.05, 4.69) is 13.0 Å². The number of fused-ring (bicyclic) bond motifs is 1. The van der Waals surface area contributed by atoms with Crippen LogP contribution >= 0.6 is 0 Å². The first-order chi connectivity index (χ1) is 7.74. The standard InChI is InChI=1S/C14H18O2/c1-2-3-12-9-14(12,15)11-4-5-13-10(8-11)6-7-16-13/h4-5,8,12,15H,2-3,6-7,9H2,1H3. The third kappa shape index (κ3) is 1.44. The summed E-state index contributed by atoms with van der Waals surface area (Å²) in [6.45, 7) is 2.96. The first-order valence-electron chi connectivity index (χ1n) is 6.22.